The van der Waals surface area contributed by atoms with Crippen molar-refractivity contribution in [1.29, 1.82) is 0 Å². The molecule has 1 heterocycles. The van der Waals surface area contributed by atoms with Gasteiger partial charge in [-0.1, -0.05) is 30.3 Å². The fraction of sp³-hybridized carbons (Fsp3) is 0.200. The largest absolute Gasteiger partial charge is 0.508 e. The lowest BCUT2D eigenvalue weighted by atomic mass is 10.0. The third-order valence-corrected chi connectivity index (χ3v) is 4.19. The molecule has 0 unspecified atom stereocenters. The van der Waals surface area contributed by atoms with E-state index >= 15 is 0 Å². The van der Waals surface area contributed by atoms with E-state index in [2.05, 4.69) is 5.32 Å². The third-order valence-electron chi connectivity index (χ3n) is 4.19. The lowest BCUT2D eigenvalue weighted by Crippen LogP contribution is -2.29. The van der Waals surface area contributed by atoms with Crippen LogP contribution in [0.15, 0.2) is 57.7 Å². The predicted octanol–water partition coefficient (Wildman–Crippen LogP) is 2.71. The predicted molar refractivity (Wildman–Crippen MR) is 95.7 cm³/mol. The Morgan fingerprint density at radius 2 is 1.92 bits per heavy atom. The Kier molecular flexibility index (Phi) is 4.84. The standard InChI is InChI=1S/C20H19NO4/c1-13-16-8-7-15(22)11-18(16)25-20(24)17(13)12-19(23)21-10-9-14-5-3-2-4-6-14/h2-8,11,22H,9-10,12H2,1H3,(H,21,23). The molecule has 2 aromatic carbocycles. The van der Waals surface area contributed by atoms with Gasteiger partial charge in [-0.2, -0.15) is 0 Å². The molecule has 3 aromatic rings. The maximum Gasteiger partial charge on any atom is 0.340 e. The van der Waals surface area contributed by atoms with Gasteiger partial charge in [-0.15, -0.1) is 0 Å². The van der Waals surface area contributed by atoms with Crippen LogP contribution in [-0.2, 0) is 17.6 Å². The highest BCUT2D eigenvalue weighted by Crippen LogP contribution is 2.23. The van der Waals surface area contributed by atoms with Gasteiger partial charge < -0.3 is 14.8 Å². The van der Waals surface area contributed by atoms with Gasteiger partial charge in [0.1, 0.15) is 11.3 Å². The van der Waals surface area contributed by atoms with E-state index in [-0.39, 0.29) is 18.1 Å². The second-order valence-electron chi connectivity index (χ2n) is 5.94. The normalized spacial score (nSPS) is 10.8. The Balaban J connectivity index is 1.70. The van der Waals surface area contributed by atoms with E-state index in [1.54, 1.807) is 13.0 Å². The summed E-state index contributed by atoms with van der Waals surface area (Å²) in [5.74, 6) is -0.189. The summed E-state index contributed by atoms with van der Waals surface area (Å²) in [5, 5.41) is 13.0. The first-order valence-corrected chi connectivity index (χ1v) is 8.10. The summed E-state index contributed by atoms with van der Waals surface area (Å²) in [7, 11) is 0. The molecule has 3 rings (SSSR count). The number of phenolic OH excluding ortho intramolecular Hbond substituents is 1. The molecule has 1 aromatic heterocycles. The van der Waals surface area contributed by atoms with Crippen LogP contribution < -0.4 is 10.9 Å². The highest BCUT2D eigenvalue weighted by atomic mass is 16.4. The molecular formula is C20H19NO4. The van der Waals surface area contributed by atoms with Gasteiger partial charge in [-0.3, -0.25) is 4.79 Å². The highest BCUT2D eigenvalue weighted by Gasteiger charge is 2.15. The van der Waals surface area contributed by atoms with Gasteiger partial charge in [0.05, 0.1) is 12.0 Å². The first-order valence-electron chi connectivity index (χ1n) is 8.10. The Hall–Kier alpha value is -3.08. The maximum atomic E-state index is 12.2. The Morgan fingerprint density at radius 1 is 1.16 bits per heavy atom. The van der Waals surface area contributed by atoms with Crippen LogP contribution in [0.5, 0.6) is 5.75 Å². The monoisotopic (exact) mass is 337 g/mol. The zero-order valence-corrected chi connectivity index (χ0v) is 13.9. The molecule has 0 aliphatic carbocycles. The molecule has 0 spiro atoms. The van der Waals surface area contributed by atoms with Crippen LogP contribution in [0.2, 0.25) is 0 Å². The Bertz CT molecular complexity index is 961. The quantitative estimate of drug-likeness (QED) is 0.702. The van der Waals surface area contributed by atoms with Gasteiger partial charge in [-0.05, 0) is 36.6 Å². The first kappa shape index (κ1) is 16.8. The fourth-order valence-electron chi connectivity index (χ4n) is 2.80. The number of fused-ring (bicyclic) bond motifs is 1. The molecule has 0 aliphatic rings. The summed E-state index contributed by atoms with van der Waals surface area (Å²) in [4.78, 5) is 24.3. The van der Waals surface area contributed by atoms with Crippen molar-refractivity contribution in [3.05, 3.63) is 75.6 Å². The number of amides is 1. The lowest BCUT2D eigenvalue weighted by Gasteiger charge is -2.09. The number of phenols is 1. The van der Waals surface area contributed by atoms with Crippen molar-refractivity contribution < 1.29 is 14.3 Å². The average molecular weight is 337 g/mol. The molecule has 2 N–H and O–H groups in total. The molecule has 0 bridgehead atoms. The third kappa shape index (κ3) is 3.88. The van der Waals surface area contributed by atoms with Crippen molar-refractivity contribution in [2.24, 2.45) is 0 Å². The van der Waals surface area contributed by atoms with Crippen LogP contribution in [0.1, 0.15) is 16.7 Å². The molecule has 1 amide bonds. The van der Waals surface area contributed by atoms with Crippen molar-refractivity contribution in [3.63, 3.8) is 0 Å². The summed E-state index contributed by atoms with van der Waals surface area (Å²) < 4.78 is 5.23. The number of hydrogen-bond acceptors (Lipinski definition) is 4. The number of carbonyl (C=O) groups excluding carboxylic acids is 1. The summed E-state index contributed by atoms with van der Waals surface area (Å²) in [5.41, 5.74) is 1.95. The van der Waals surface area contributed by atoms with Gasteiger partial charge in [0.2, 0.25) is 5.91 Å². The number of rotatable bonds is 5. The second kappa shape index (κ2) is 7.21. The molecule has 0 saturated carbocycles. The van der Waals surface area contributed by atoms with Gasteiger partial charge in [0, 0.05) is 18.0 Å². The van der Waals surface area contributed by atoms with Gasteiger partial charge in [-0.25, -0.2) is 4.79 Å². The second-order valence-corrected chi connectivity index (χ2v) is 5.94. The van der Waals surface area contributed by atoms with Crippen molar-refractivity contribution in [1.82, 2.24) is 5.32 Å². The van der Waals surface area contributed by atoms with E-state index in [0.29, 0.717) is 28.6 Å². The van der Waals surface area contributed by atoms with Crippen LogP contribution in [0.25, 0.3) is 11.0 Å². The molecule has 5 nitrogen and oxygen atoms in total. The van der Waals surface area contributed by atoms with E-state index < -0.39 is 5.63 Å². The maximum absolute atomic E-state index is 12.2. The minimum atomic E-state index is -0.547. The number of hydrogen-bond donors (Lipinski definition) is 2. The van der Waals surface area contributed by atoms with Crippen molar-refractivity contribution in [3.8, 4) is 5.75 Å². The van der Waals surface area contributed by atoms with Gasteiger partial charge in [0.15, 0.2) is 0 Å². The zero-order chi connectivity index (χ0) is 17.8. The van der Waals surface area contributed by atoms with Crippen molar-refractivity contribution >= 4 is 16.9 Å². The average Bonchev–Trinajstić information content (AvgIpc) is 2.59. The van der Waals surface area contributed by atoms with Crippen LogP contribution in [0, 0.1) is 6.92 Å². The number of benzene rings is 2. The molecule has 128 valence electrons. The topological polar surface area (TPSA) is 79.5 Å². The summed E-state index contributed by atoms with van der Waals surface area (Å²) in [6, 6.07) is 14.5. The summed E-state index contributed by atoms with van der Waals surface area (Å²) >= 11 is 0. The molecule has 25 heavy (non-hydrogen) atoms. The number of nitrogens with one attached hydrogen (secondary N) is 1. The SMILES string of the molecule is Cc1c(CC(=O)NCCc2ccccc2)c(=O)oc2cc(O)ccc12. The Labute approximate surface area is 144 Å². The van der Waals surface area contributed by atoms with E-state index in [1.807, 2.05) is 30.3 Å². The fourth-order valence-corrected chi connectivity index (χ4v) is 2.80. The highest BCUT2D eigenvalue weighted by molar-refractivity contribution is 5.85. The van der Waals surface area contributed by atoms with E-state index in [1.165, 1.54) is 12.1 Å². The van der Waals surface area contributed by atoms with Gasteiger partial charge in [0.25, 0.3) is 0 Å². The first-order chi connectivity index (χ1) is 12.0. The lowest BCUT2D eigenvalue weighted by molar-refractivity contribution is -0.120. The minimum Gasteiger partial charge on any atom is -0.508 e. The Morgan fingerprint density at radius 3 is 2.68 bits per heavy atom. The summed E-state index contributed by atoms with van der Waals surface area (Å²) in [6.45, 7) is 2.29. The minimum absolute atomic E-state index is 0.0280. The summed E-state index contributed by atoms with van der Waals surface area (Å²) in [6.07, 6.45) is 0.705. The molecule has 0 fully saturated rings. The molecular weight excluding hydrogens is 318 g/mol. The molecule has 5 heteroatoms. The van der Waals surface area contributed by atoms with Crippen LogP contribution in [-0.4, -0.2) is 17.6 Å². The van der Waals surface area contributed by atoms with Crippen LogP contribution >= 0.6 is 0 Å². The van der Waals surface area contributed by atoms with Crippen molar-refractivity contribution in [2.45, 2.75) is 19.8 Å². The van der Waals surface area contributed by atoms with Gasteiger partial charge >= 0.3 is 5.63 Å². The zero-order valence-electron chi connectivity index (χ0n) is 13.9. The molecule has 0 atom stereocenters. The molecule has 0 saturated heterocycles. The number of carbonyl (C=O) groups is 1. The molecule has 0 aliphatic heterocycles. The van der Waals surface area contributed by atoms with Crippen LogP contribution in [0.4, 0.5) is 0 Å². The smallest absolute Gasteiger partial charge is 0.340 e. The van der Waals surface area contributed by atoms with E-state index in [0.717, 1.165) is 12.0 Å². The van der Waals surface area contributed by atoms with E-state index in [9.17, 15) is 14.7 Å². The van der Waals surface area contributed by atoms with E-state index in [4.69, 9.17) is 4.42 Å². The number of aromatic hydroxyl groups is 1. The molecule has 0 radical (unpaired) electrons. The van der Waals surface area contributed by atoms with Crippen molar-refractivity contribution in [2.75, 3.05) is 6.54 Å². The van der Waals surface area contributed by atoms with Crippen LogP contribution in [0.3, 0.4) is 0 Å². The number of aryl methyl sites for hydroxylation is 1.